The molecule has 0 spiro atoms. The van der Waals surface area contributed by atoms with Crippen molar-refractivity contribution in [1.82, 2.24) is 15.0 Å². The van der Waals surface area contributed by atoms with Crippen LogP contribution in [0.15, 0.2) is 30.5 Å². The molecule has 0 unspecified atom stereocenters. The van der Waals surface area contributed by atoms with Gasteiger partial charge in [0.05, 0.1) is 29.9 Å². The van der Waals surface area contributed by atoms with E-state index in [1.165, 1.54) is 0 Å². The standard InChI is InChI=1S/C20H26N4O3S/c25-28(26,17-6-2-1-3-7-17)15-16-14-19(24-10-12-27-13-11-24)23-20(22-16)18-8-4-5-9-21-18/h4-5,8-9,14,17H,1-3,6-7,10-13,15H2. The van der Waals surface area contributed by atoms with E-state index in [4.69, 9.17) is 4.74 Å². The fraction of sp³-hybridized carbons (Fsp3) is 0.550. The monoisotopic (exact) mass is 402 g/mol. The molecule has 4 rings (SSSR count). The molecule has 0 N–H and O–H groups in total. The molecular weight excluding hydrogens is 376 g/mol. The summed E-state index contributed by atoms with van der Waals surface area (Å²) >= 11 is 0. The topological polar surface area (TPSA) is 85.3 Å². The van der Waals surface area contributed by atoms with Gasteiger partial charge in [-0.05, 0) is 25.0 Å². The lowest BCUT2D eigenvalue weighted by Crippen LogP contribution is -2.37. The number of sulfone groups is 1. The average molecular weight is 403 g/mol. The van der Waals surface area contributed by atoms with E-state index in [2.05, 4.69) is 19.9 Å². The number of hydrogen-bond acceptors (Lipinski definition) is 7. The highest BCUT2D eigenvalue weighted by molar-refractivity contribution is 7.91. The molecule has 1 aliphatic heterocycles. The summed E-state index contributed by atoms with van der Waals surface area (Å²) in [5.74, 6) is 1.17. The second-order valence-corrected chi connectivity index (χ2v) is 9.70. The van der Waals surface area contributed by atoms with Gasteiger partial charge < -0.3 is 9.64 Å². The molecule has 0 radical (unpaired) electrons. The average Bonchev–Trinajstić information content (AvgIpc) is 2.75. The Morgan fingerprint density at radius 1 is 1.07 bits per heavy atom. The predicted molar refractivity (Wildman–Crippen MR) is 108 cm³/mol. The molecule has 1 saturated carbocycles. The summed E-state index contributed by atoms with van der Waals surface area (Å²) < 4.78 is 31.4. The van der Waals surface area contributed by atoms with Gasteiger partial charge in [0, 0.05) is 25.4 Å². The minimum absolute atomic E-state index is 0.0443. The van der Waals surface area contributed by atoms with Gasteiger partial charge in [-0.3, -0.25) is 4.98 Å². The third-order valence-corrected chi connectivity index (χ3v) is 7.59. The van der Waals surface area contributed by atoms with Crippen LogP contribution in [0.1, 0.15) is 37.8 Å². The molecule has 0 amide bonds. The second-order valence-electron chi connectivity index (χ2n) is 7.42. The molecule has 150 valence electrons. The number of hydrogen-bond donors (Lipinski definition) is 0. The van der Waals surface area contributed by atoms with Crippen LogP contribution in [0.4, 0.5) is 5.82 Å². The highest BCUT2D eigenvalue weighted by atomic mass is 32.2. The van der Waals surface area contributed by atoms with Crippen LogP contribution in [0.3, 0.4) is 0 Å². The molecule has 3 heterocycles. The summed E-state index contributed by atoms with van der Waals surface area (Å²) in [5, 5.41) is -0.249. The van der Waals surface area contributed by atoms with Gasteiger partial charge in [0.1, 0.15) is 11.5 Å². The largest absolute Gasteiger partial charge is 0.378 e. The molecule has 2 aromatic rings. The van der Waals surface area contributed by atoms with Crippen LogP contribution in [0.25, 0.3) is 11.5 Å². The van der Waals surface area contributed by atoms with Crippen LogP contribution >= 0.6 is 0 Å². The minimum Gasteiger partial charge on any atom is -0.378 e. The highest BCUT2D eigenvalue weighted by Crippen LogP contribution is 2.27. The number of anilines is 1. The first-order valence-corrected chi connectivity index (χ1v) is 11.7. The zero-order chi connectivity index (χ0) is 19.4. The molecule has 28 heavy (non-hydrogen) atoms. The lowest BCUT2D eigenvalue weighted by atomic mass is 10.0. The maximum atomic E-state index is 13.0. The van der Waals surface area contributed by atoms with E-state index < -0.39 is 9.84 Å². The Hall–Kier alpha value is -2.06. The van der Waals surface area contributed by atoms with Crippen LogP contribution in [-0.4, -0.2) is 54.9 Å². The quantitative estimate of drug-likeness (QED) is 0.760. The van der Waals surface area contributed by atoms with Gasteiger partial charge in [-0.25, -0.2) is 18.4 Å². The lowest BCUT2D eigenvalue weighted by Gasteiger charge is -2.28. The summed E-state index contributed by atoms with van der Waals surface area (Å²) in [6.45, 7) is 2.73. The molecule has 0 aromatic carbocycles. The van der Waals surface area contributed by atoms with Gasteiger partial charge in [-0.15, -0.1) is 0 Å². The molecule has 0 atom stereocenters. The van der Waals surface area contributed by atoms with E-state index in [1.54, 1.807) is 6.20 Å². The molecule has 2 fully saturated rings. The fourth-order valence-electron chi connectivity index (χ4n) is 3.87. The SMILES string of the molecule is O=S(=O)(Cc1cc(N2CCOCC2)nc(-c2ccccn2)n1)C1CCCCC1. The maximum Gasteiger partial charge on any atom is 0.180 e. The third kappa shape index (κ3) is 4.50. The molecule has 0 bridgehead atoms. The summed E-state index contributed by atoms with van der Waals surface area (Å²) in [4.78, 5) is 15.7. The van der Waals surface area contributed by atoms with Crippen molar-refractivity contribution in [3.05, 3.63) is 36.2 Å². The van der Waals surface area contributed by atoms with E-state index >= 15 is 0 Å². The molecule has 1 saturated heterocycles. The van der Waals surface area contributed by atoms with Crippen molar-refractivity contribution in [1.29, 1.82) is 0 Å². The van der Waals surface area contributed by atoms with Gasteiger partial charge in [-0.1, -0.05) is 25.3 Å². The van der Waals surface area contributed by atoms with Crippen molar-refractivity contribution < 1.29 is 13.2 Å². The van der Waals surface area contributed by atoms with E-state index in [-0.39, 0.29) is 11.0 Å². The molecule has 2 aliphatic rings. The smallest absolute Gasteiger partial charge is 0.180 e. The van der Waals surface area contributed by atoms with Crippen molar-refractivity contribution in [2.45, 2.75) is 43.1 Å². The maximum absolute atomic E-state index is 13.0. The molecule has 8 heteroatoms. The van der Waals surface area contributed by atoms with Gasteiger partial charge in [0.2, 0.25) is 0 Å². The second kappa shape index (κ2) is 8.53. The number of aromatic nitrogens is 3. The summed E-state index contributed by atoms with van der Waals surface area (Å²) in [7, 11) is -3.24. The number of nitrogens with zero attached hydrogens (tertiary/aromatic N) is 4. The number of ether oxygens (including phenoxy) is 1. The Labute approximate surface area is 166 Å². The van der Waals surface area contributed by atoms with Crippen molar-refractivity contribution >= 4 is 15.7 Å². The molecule has 7 nitrogen and oxygen atoms in total. The summed E-state index contributed by atoms with van der Waals surface area (Å²) in [6.07, 6.45) is 6.33. The third-order valence-electron chi connectivity index (χ3n) is 5.40. The Morgan fingerprint density at radius 3 is 2.57 bits per heavy atom. The number of morpholine rings is 1. The Balaban J connectivity index is 1.67. The van der Waals surface area contributed by atoms with Crippen LogP contribution < -0.4 is 4.90 Å². The first-order valence-electron chi connectivity index (χ1n) is 9.95. The van der Waals surface area contributed by atoms with E-state index in [9.17, 15) is 8.42 Å². The number of pyridine rings is 1. The molecular formula is C20H26N4O3S. The van der Waals surface area contributed by atoms with Crippen LogP contribution in [0.5, 0.6) is 0 Å². The van der Waals surface area contributed by atoms with Crippen molar-refractivity contribution in [2.75, 3.05) is 31.2 Å². The Kier molecular flexibility index (Phi) is 5.87. The fourth-order valence-corrected chi connectivity index (χ4v) is 5.72. The Bertz CT molecular complexity index is 893. The predicted octanol–water partition coefficient (Wildman–Crippen LogP) is 2.62. The first kappa shape index (κ1) is 19.3. The lowest BCUT2D eigenvalue weighted by molar-refractivity contribution is 0.122. The zero-order valence-corrected chi connectivity index (χ0v) is 16.8. The van der Waals surface area contributed by atoms with Gasteiger partial charge in [-0.2, -0.15) is 0 Å². The summed E-state index contributed by atoms with van der Waals surface area (Å²) in [6, 6.07) is 7.38. The van der Waals surface area contributed by atoms with Gasteiger partial charge >= 0.3 is 0 Å². The van der Waals surface area contributed by atoms with Gasteiger partial charge in [0.25, 0.3) is 0 Å². The van der Waals surface area contributed by atoms with E-state index in [0.717, 1.165) is 51.0 Å². The molecule has 1 aliphatic carbocycles. The van der Waals surface area contributed by atoms with Crippen molar-refractivity contribution in [3.63, 3.8) is 0 Å². The van der Waals surface area contributed by atoms with Crippen LogP contribution in [0, 0.1) is 0 Å². The van der Waals surface area contributed by atoms with Crippen LogP contribution in [-0.2, 0) is 20.3 Å². The molecule has 2 aromatic heterocycles. The van der Waals surface area contributed by atoms with Crippen molar-refractivity contribution in [2.24, 2.45) is 0 Å². The van der Waals surface area contributed by atoms with Gasteiger partial charge in [0.15, 0.2) is 15.7 Å². The summed E-state index contributed by atoms with van der Waals surface area (Å²) in [5.41, 5.74) is 1.19. The van der Waals surface area contributed by atoms with E-state index in [0.29, 0.717) is 30.4 Å². The Morgan fingerprint density at radius 2 is 1.86 bits per heavy atom. The van der Waals surface area contributed by atoms with Crippen molar-refractivity contribution in [3.8, 4) is 11.5 Å². The zero-order valence-electron chi connectivity index (χ0n) is 16.0. The minimum atomic E-state index is -3.24. The normalized spacial score (nSPS) is 18.9. The first-order chi connectivity index (χ1) is 13.6. The van der Waals surface area contributed by atoms with Crippen LogP contribution in [0.2, 0.25) is 0 Å². The number of rotatable bonds is 5. The highest BCUT2D eigenvalue weighted by Gasteiger charge is 2.28. The van der Waals surface area contributed by atoms with E-state index in [1.807, 2.05) is 24.3 Å².